The van der Waals surface area contributed by atoms with E-state index < -0.39 is 0 Å². The first-order valence-corrected chi connectivity index (χ1v) is 7.66. The van der Waals surface area contributed by atoms with Crippen molar-refractivity contribution in [1.29, 1.82) is 0 Å². The molecule has 0 unspecified atom stereocenters. The Morgan fingerprint density at radius 3 is 2.42 bits per heavy atom. The lowest BCUT2D eigenvalue weighted by atomic mass is 10.1. The van der Waals surface area contributed by atoms with Crippen molar-refractivity contribution >= 4 is 0 Å². The van der Waals surface area contributed by atoms with E-state index in [0.717, 1.165) is 26.1 Å². The molecule has 0 aliphatic rings. The second-order valence-corrected chi connectivity index (χ2v) is 5.58. The highest BCUT2D eigenvalue weighted by molar-refractivity contribution is 4.75. The van der Waals surface area contributed by atoms with Crippen molar-refractivity contribution in [3.05, 3.63) is 0 Å². The van der Waals surface area contributed by atoms with Crippen LogP contribution in [0.15, 0.2) is 0 Å². The Bertz CT molecular complexity index is 188. The average Bonchev–Trinajstić information content (AvgIpc) is 2.43. The molecule has 0 spiro atoms. The smallest absolute Gasteiger partial charge is 0.0543 e. The van der Waals surface area contributed by atoms with E-state index in [1.165, 1.54) is 12.8 Å². The SMILES string of the molecule is CC[C@H](C)NC[C@@H](CC[C@@H](C)OC)N(C)CCNC. The molecule has 0 aromatic rings. The number of rotatable bonds is 12. The van der Waals surface area contributed by atoms with Crippen LogP contribution < -0.4 is 10.6 Å². The van der Waals surface area contributed by atoms with Gasteiger partial charge in [0.15, 0.2) is 0 Å². The van der Waals surface area contributed by atoms with Crippen molar-refractivity contribution in [3.8, 4) is 0 Å². The van der Waals surface area contributed by atoms with Gasteiger partial charge in [-0.25, -0.2) is 0 Å². The molecule has 116 valence electrons. The van der Waals surface area contributed by atoms with Crippen LogP contribution in [0.3, 0.4) is 0 Å². The Hall–Kier alpha value is -0.160. The number of likely N-dealkylation sites (N-methyl/N-ethyl adjacent to an activating group) is 2. The third-order valence-electron chi connectivity index (χ3n) is 3.96. The van der Waals surface area contributed by atoms with E-state index in [-0.39, 0.29) is 0 Å². The van der Waals surface area contributed by atoms with Gasteiger partial charge in [-0.15, -0.1) is 0 Å². The van der Waals surface area contributed by atoms with Crippen molar-refractivity contribution in [1.82, 2.24) is 15.5 Å². The zero-order chi connectivity index (χ0) is 14.7. The van der Waals surface area contributed by atoms with Crippen LogP contribution in [-0.2, 0) is 4.74 Å². The van der Waals surface area contributed by atoms with E-state index in [2.05, 4.69) is 43.4 Å². The minimum absolute atomic E-state index is 0.351. The summed E-state index contributed by atoms with van der Waals surface area (Å²) in [7, 11) is 6.02. The van der Waals surface area contributed by atoms with Gasteiger partial charge in [0.2, 0.25) is 0 Å². The molecule has 0 bridgehead atoms. The average molecular weight is 273 g/mol. The third kappa shape index (κ3) is 9.38. The molecule has 0 saturated carbocycles. The van der Waals surface area contributed by atoms with E-state index in [1.807, 2.05) is 7.05 Å². The summed E-state index contributed by atoms with van der Waals surface area (Å²) in [6, 6.07) is 1.18. The fourth-order valence-corrected chi connectivity index (χ4v) is 1.98. The van der Waals surface area contributed by atoms with Gasteiger partial charge in [0.25, 0.3) is 0 Å². The van der Waals surface area contributed by atoms with Gasteiger partial charge in [0.1, 0.15) is 0 Å². The molecule has 0 aromatic heterocycles. The second-order valence-electron chi connectivity index (χ2n) is 5.58. The summed E-state index contributed by atoms with van der Waals surface area (Å²) < 4.78 is 5.36. The lowest BCUT2D eigenvalue weighted by molar-refractivity contribution is 0.0973. The Morgan fingerprint density at radius 1 is 1.21 bits per heavy atom. The minimum atomic E-state index is 0.351. The summed E-state index contributed by atoms with van der Waals surface area (Å²) in [4.78, 5) is 2.45. The summed E-state index contributed by atoms with van der Waals surface area (Å²) in [5, 5.41) is 6.85. The zero-order valence-corrected chi connectivity index (χ0v) is 13.8. The van der Waals surface area contributed by atoms with E-state index in [4.69, 9.17) is 4.74 Å². The molecular formula is C15H35N3O. The van der Waals surface area contributed by atoms with Gasteiger partial charge >= 0.3 is 0 Å². The van der Waals surface area contributed by atoms with E-state index >= 15 is 0 Å². The Labute approximate surface area is 120 Å². The first kappa shape index (κ1) is 18.8. The summed E-state index contributed by atoms with van der Waals surface area (Å²) in [5.41, 5.74) is 0. The van der Waals surface area contributed by atoms with Crippen molar-refractivity contribution in [2.75, 3.05) is 40.8 Å². The quantitative estimate of drug-likeness (QED) is 0.567. The summed E-state index contributed by atoms with van der Waals surface area (Å²) in [6.07, 6.45) is 3.83. The largest absolute Gasteiger partial charge is 0.382 e. The van der Waals surface area contributed by atoms with Crippen LogP contribution in [0.25, 0.3) is 0 Å². The van der Waals surface area contributed by atoms with Crippen LogP contribution >= 0.6 is 0 Å². The zero-order valence-electron chi connectivity index (χ0n) is 13.8. The van der Waals surface area contributed by atoms with E-state index in [0.29, 0.717) is 18.2 Å². The highest BCUT2D eigenvalue weighted by Crippen LogP contribution is 2.09. The third-order valence-corrected chi connectivity index (χ3v) is 3.96. The van der Waals surface area contributed by atoms with E-state index in [9.17, 15) is 0 Å². The molecular weight excluding hydrogens is 238 g/mol. The second kappa shape index (κ2) is 11.6. The van der Waals surface area contributed by atoms with Crippen LogP contribution in [0.4, 0.5) is 0 Å². The first-order chi connectivity index (χ1) is 9.04. The molecule has 0 aromatic carbocycles. The predicted molar refractivity (Wildman–Crippen MR) is 83.8 cm³/mol. The van der Waals surface area contributed by atoms with Crippen molar-refractivity contribution in [2.45, 2.75) is 58.2 Å². The maximum absolute atomic E-state index is 5.36. The molecule has 4 nitrogen and oxygen atoms in total. The normalized spacial score (nSPS) is 16.6. The van der Waals surface area contributed by atoms with Gasteiger partial charge in [-0.05, 0) is 47.2 Å². The van der Waals surface area contributed by atoms with Crippen LogP contribution in [-0.4, -0.2) is 63.9 Å². The summed E-state index contributed by atoms with van der Waals surface area (Å²) in [6.45, 7) is 9.81. The van der Waals surface area contributed by atoms with Crippen LogP contribution in [0, 0.1) is 0 Å². The molecule has 0 heterocycles. The van der Waals surface area contributed by atoms with Crippen molar-refractivity contribution in [2.24, 2.45) is 0 Å². The molecule has 0 rings (SSSR count). The van der Waals surface area contributed by atoms with Gasteiger partial charge in [-0.3, -0.25) is 0 Å². The molecule has 0 amide bonds. The highest BCUT2D eigenvalue weighted by Gasteiger charge is 2.16. The molecule has 0 aliphatic heterocycles. The number of hydrogen-bond donors (Lipinski definition) is 2. The lowest BCUT2D eigenvalue weighted by Crippen LogP contribution is -2.44. The standard InChI is InChI=1S/C15H35N3O/c1-7-13(2)17-12-15(9-8-14(3)19-6)18(5)11-10-16-4/h13-17H,7-12H2,1-6H3/t13-,14+,15+/m0/s1. The van der Waals surface area contributed by atoms with Gasteiger partial charge in [-0.1, -0.05) is 6.92 Å². The maximum Gasteiger partial charge on any atom is 0.0543 e. The molecule has 0 fully saturated rings. The number of hydrogen-bond acceptors (Lipinski definition) is 4. The highest BCUT2D eigenvalue weighted by atomic mass is 16.5. The van der Waals surface area contributed by atoms with Gasteiger partial charge in [-0.2, -0.15) is 0 Å². The molecule has 0 saturated heterocycles. The summed E-state index contributed by atoms with van der Waals surface area (Å²) in [5.74, 6) is 0. The van der Waals surface area contributed by atoms with Gasteiger partial charge < -0.3 is 20.3 Å². The fraction of sp³-hybridized carbons (Fsp3) is 1.00. The molecule has 3 atom stereocenters. The molecule has 2 N–H and O–H groups in total. The minimum Gasteiger partial charge on any atom is -0.382 e. The van der Waals surface area contributed by atoms with Gasteiger partial charge in [0, 0.05) is 38.8 Å². The molecule has 0 radical (unpaired) electrons. The molecule has 0 aliphatic carbocycles. The van der Waals surface area contributed by atoms with E-state index in [1.54, 1.807) is 7.11 Å². The number of ether oxygens (including phenoxy) is 1. The first-order valence-electron chi connectivity index (χ1n) is 7.66. The van der Waals surface area contributed by atoms with Crippen LogP contribution in [0.5, 0.6) is 0 Å². The molecule has 4 heteroatoms. The predicted octanol–water partition coefficient (Wildman–Crippen LogP) is 1.71. The van der Waals surface area contributed by atoms with Gasteiger partial charge in [0.05, 0.1) is 6.10 Å². The fourth-order valence-electron chi connectivity index (χ4n) is 1.98. The number of methoxy groups -OCH3 is 1. The van der Waals surface area contributed by atoms with Crippen LogP contribution in [0.2, 0.25) is 0 Å². The maximum atomic E-state index is 5.36. The van der Waals surface area contributed by atoms with Crippen molar-refractivity contribution < 1.29 is 4.74 Å². The topological polar surface area (TPSA) is 36.5 Å². The Morgan fingerprint density at radius 2 is 1.89 bits per heavy atom. The summed E-state index contributed by atoms with van der Waals surface area (Å²) >= 11 is 0. The molecule has 19 heavy (non-hydrogen) atoms. The lowest BCUT2D eigenvalue weighted by Gasteiger charge is -2.30. The van der Waals surface area contributed by atoms with Crippen molar-refractivity contribution in [3.63, 3.8) is 0 Å². The monoisotopic (exact) mass is 273 g/mol. The Kier molecular flexibility index (Phi) is 11.6. The number of nitrogens with zero attached hydrogens (tertiary/aromatic N) is 1. The van der Waals surface area contributed by atoms with Crippen LogP contribution in [0.1, 0.15) is 40.0 Å². The number of nitrogens with one attached hydrogen (secondary N) is 2. The Balaban J connectivity index is 4.19.